The molecule has 0 radical (unpaired) electrons. The molecule has 1 N–H and O–H groups in total. The first kappa shape index (κ1) is 12.4. The average molecular weight is 271 g/mol. The van der Waals surface area contributed by atoms with E-state index in [4.69, 9.17) is 23.2 Å². The fourth-order valence-corrected chi connectivity index (χ4v) is 2.18. The van der Waals surface area contributed by atoms with Crippen LogP contribution in [0.15, 0.2) is 30.7 Å². The number of rotatable bonds is 3. The van der Waals surface area contributed by atoms with Crippen LogP contribution in [0, 0.1) is 0 Å². The van der Waals surface area contributed by atoms with Crippen molar-refractivity contribution in [3.8, 4) is 0 Å². The van der Waals surface area contributed by atoms with Crippen molar-refractivity contribution in [1.29, 1.82) is 0 Å². The van der Waals surface area contributed by atoms with E-state index in [1.807, 2.05) is 7.05 Å². The molecule has 0 amide bonds. The van der Waals surface area contributed by atoms with Gasteiger partial charge in [0.2, 0.25) is 0 Å². The summed E-state index contributed by atoms with van der Waals surface area (Å²) < 4.78 is 1.78. The molecule has 2 aromatic rings. The predicted molar refractivity (Wildman–Crippen MR) is 68.3 cm³/mol. The summed E-state index contributed by atoms with van der Waals surface area (Å²) in [6, 6.07) is 5.29. The summed E-state index contributed by atoms with van der Waals surface area (Å²) in [4.78, 5) is 4.10. The number of benzene rings is 1. The van der Waals surface area contributed by atoms with Gasteiger partial charge in [-0.05, 0) is 17.7 Å². The van der Waals surface area contributed by atoms with E-state index in [9.17, 15) is 5.11 Å². The topological polar surface area (TPSA) is 38.0 Å². The molecule has 17 heavy (non-hydrogen) atoms. The summed E-state index contributed by atoms with van der Waals surface area (Å²) >= 11 is 12.1. The van der Waals surface area contributed by atoms with Crippen molar-refractivity contribution in [3.05, 3.63) is 52.0 Å². The number of imidazole rings is 1. The van der Waals surface area contributed by atoms with E-state index in [0.717, 1.165) is 5.56 Å². The molecule has 0 spiro atoms. The van der Waals surface area contributed by atoms with Gasteiger partial charge in [0, 0.05) is 29.7 Å². The number of nitrogens with zero attached hydrogens (tertiary/aromatic N) is 2. The van der Waals surface area contributed by atoms with E-state index < -0.39 is 6.10 Å². The Hall–Kier alpha value is -1.03. The van der Waals surface area contributed by atoms with Crippen molar-refractivity contribution in [2.75, 3.05) is 0 Å². The maximum absolute atomic E-state index is 10.0. The lowest BCUT2D eigenvalue weighted by Gasteiger charge is -2.11. The van der Waals surface area contributed by atoms with E-state index >= 15 is 0 Å². The largest absolute Gasteiger partial charge is 0.386 e. The first-order chi connectivity index (χ1) is 8.08. The highest BCUT2D eigenvalue weighted by Gasteiger charge is 2.15. The molecular formula is C12H12Cl2N2O. The number of aliphatic hydroxyl groups excluding tert-OH is 1. The first-order valence-corrected chi connectivity index (χ1v) is 5.92. The van der Waals surface area contributed by atoms with Crippen LogP contribution in [0.5, 0.6) is 0 Å². The molecule has 1 heterocycles. The molecule has 1 atom stereocenters. The van der Waals surface area contributed by atoms with Crippen LogP contribution in [-0.2, 0) is 13.5 Å². The van der Waals surface area contributed by atoms with Gasteiger partial charge >= 0.3 is 0 Å². The third kappa shape index (κ3) is 2.80. The van der Waals surface area contributed by atoms with Crippen LogP contribution in [0.2, 0.25) is 10.0 Å². The smallest absolute Gasteiger partial charge is 0.102 e. The van der Waals surface area contributed by atoms with Gasteiger partial charge in [-0.2, -0.15) is 0 Å². The highest BCUT2D eigenvalue weighted by Crippen LogP contribution is 2.28. The Morgan fingerprint density at radius 1 is 1.35 bits per heavy atom. The monoisotopic (exact) mass is 270 g/mol. The zero-order valence-corrected chi connectivity index (χ0v) is 10.8. The molecule has 0 bridgehead atoms. The van der Waals surface area contributed by atoms with Crippen molar-refractivity contribution in [2.45, 2.75) is 12.5 Å². The molecular weight excluding hydrogens is 259 g/mol. The molecule has 1 aromatic carbocycles. The van der Waals surface area contributed by atoms with Gasteiger partial charge in [0.25, 0.3) is 0 Å². The lowest BCUT2D eigenvalue weighted by Crippen LogP contribution is -2.03. The van der Waals surface area contributed by atoms with Gasteiger partial charge in [-0.25, -0.2) is 4.98 Å². The number of aromatic nitrogens is 2. The van der Waals surface area contributed by atoms with Gasteiger partial charge < -0.3 is 9.67 Å². The molecule has 3 nitrogen and oxygen atoms in total. The van der Waals surface area contributed by atoms with E-state index in [2.05, 4.69) is 4.98 Å². The summed E-state index contributed by atoms with van der Waals surface area (Å²) in [7, 11) is 1.85. The Kier molecular flexibility index (Phi) is 3.72. The summed E-state index contributed by atoms with van der Waals surface area (Å²) in [5.74, 6) is 0. The Labute approximate surface area is 110 Å². The van der Waals surface area contributed by atoms with Crippen LogP contribution in [0.3, 0.4) is 0 Å². The second-order valence-electron chi connectivity index (χ2n) is 3.88. The number of aliphatic hydroxyl groups is 1. The lowest BCUT2D eigenvalue weighted by atomic mass is 10.1. The van der Waals surface area contributed by atoms with Gasteiger partial charge in [-0.1, -0.05) is 29.3 Å². The van der Waals surface area contributed by atoms with E-state index in [1.54, 1.807) is 35.3 Å². The average Bonchev–Trinajstić information content (AvgIpc) is 2.70. The minimum absolute atomic E-state index is 0.357. The maximum Gasteiger partial charge on any atom is 0.102 e. The zero-order chi connectivity index (χ0) is 12.4. The van der Waals surface area contributed by atoms with Gasteiger partial charge in [-0.3, -0.25) is 0 Å². The molecule has 0 aliphatic rings. The normalized spacial score (nSPS) is 12.7. The summed E-state index contributed by atoms with van der Waals surface area (Å²) in [6.07, 6.45) is 3.08. The predicted octanol–water partition coefficient (Wildman–Crippen LogP) is 3.00. The van der Waals surface area contributed by atoms with Gasteiger partial charge in [0.1, 0.15) is 6.10 Å². The lowest BCUT2D eigenvalue weighted by molar-refractivity contribution is 0.174. The number of aryl methyl sites for hydroxylation is 1. The maximum atomic E-state index is 10.0. The fraction of sp³-hybridized carbons (Fsp3) is 0.250. The number of hydrogen-bond donors (Lipinski definition) is 1. The molecule has 90 valence electrons. The molecule has 0 saturated carbocycles. The molecule has 0 aliphatic heterocycles. The molecule has 5 heteroatoms. The van der Waals surface area contributed by atoms with Crippen molar-refractivity contribution >= 4 is 23.2 Å². The first-order valence-electron chi connectivity index (χ1n) is 5.16. The minimum atomic E-state index is -0.700. The van der Waals surface area contributed by atoms with Gasteiger partial charge in [0.05, 0.1) is 12.0 Å². The third-order valence-electron chi connectivity index (χ3n) is 2.53. The van der Waals surface area contributed by atoms with Crippen LogP contribution in [-0.4, -0.2) is 14.7 Å². The van der Waals surface area contributed by atoms with Crippen molar-refractivity contribution in [1.82, 2.24) is 9.55 Å². The quantitative estimate of drug-likeness (QED) is 0.931. The minimum Gasteiger partial charge on any atom is -0.386 e. The van der Waals surface area contributed by atoms with E-state index in [1.165, 1.54) is 0 Å². The van der Waals surface area contributed by atoms with Crippen LogP contribution in [0.1, 0.15) is 17.4 Å². The number of hydrogen-bond acceptors (Lipinski definition) is 2. The van der Waals surface area contributed by atoms with Crippen molar-refractivity contribution in [2.24, 2.45) is 7.05 Å². The third-order valence-corrected chi connectivity index (χ3v) is 3.23. The SMILES string of the molecule is Cn1cnc(C(O)Cc2c(Cl)cccc2Cl)c1. The Morgan fingerprint density at radius 3 is 2.53 bits per heavy atom. The fourth-order valence-electron chi connectivity index (χ4n) is 1.63. The summed E-state index contributed by atoms with van der Waals surface area (Å²) in [5, 5.41) is 11.2. The number of halogens is 2. The molecule has 0 aliphatic carbocycles. The molecule has 1 aromatic heterocycles. The highest BCUT2D eigenvalue weighted by atomic mass is 35.5. The van der Waals surface area contributed by atoms with Gasteiger partial charge in [0.15, 0.2) is 0 Å². The van der Waals surface area contributed by atoms with E-state index in [-0.39, 0.29) is 0 Å². The van der Waals surface area contributed by atoms with Crippen LogP contribution < -0.4 is 0 Å². The van der Waals surface area contributed by atoms with Crippen LogP contribution in [0.25, 0.3) is 0 Å². The van der Waals surface area contributed by atoms with Crippen molar-refractivity contribution in [3.63, 3.8) is 0 Å². The Bertz CT molecular complexity index is 505. The Balaban J connectivity index is 2.21. The molecule has 0 fully saturated rings. The van der Waals surface area contributed by atoms with Crippen LogP contribution >= 0.6 is 23.2 Å². The zero-order valence-electron chi connectivity index (χ0n) is 9.27. The van der Waals surface area contributed by atoms with Crippen LogP contribution in [0.4, 0.5) is 0 Å². The highest BCUT2D eigenvalue weighted by molar-refractivity contribution is 6.35. The van der Waals surface area contributed by atoms with Crippen molar-refractivity contribution < 1.29 is 5.11 Å². The standard InChI is InChI=1S/C12H12Cl2N2O/c1-16-6-11(15-7-16)12(17)5-8-9(13)3-2-4-10(8)14/h2-4,6-7,12,17H,5H2,1H3. The van der Waals surface area contributed by atoms with Gasteiger partial charge in [-0.15, -0.1) is 0 Å². The second kappa shape index (κ2) is 5.08. The van der Waals surface area contributed by atoms with E-state index in [0.29, 0.717) is 22.2 Å². The second-order valence-corrected chi connectivity index (χ2v) is 4.70. The summed E-state index contributed by atoms with van der Waals surface area (Å²) in [5.41, 5.74) is 1.36. The Morgan fingerprint density at radius 2 is 2.00 bits per heavy atom. The molecule has 1 unspecified atom stereocenters. The molecule has 2 rings (SSSR count). The summed E-state index contributed by atoms with van der Waals surface area (Å²) in [6.45, 7) is 0. The molecule has 0 saturated heterocycles.